The average Bonchev–Trinajstić information content (AvgIpc) is 2.99. The van der Waals surface area contributed by atoms with Crippen LogP contribution in [0.25, 0.3) is 0 Å². The van der Waals surface area contributed by atoms with Crippen LogP contribution in [0.2, 0.25) is 10.0 Å². The third kappa shape index (κ3) is 4.48. The highest BCUT2D eigenvalue weighted by molar-refractivity contribution is 6.37. The van der Waals surface area contributed by atoms with Gasteiger partial charge in [-0.2, -0.15) is 0 Å². The zero-order valence-electron chi connectivity index (χ0n) is 18.3. The number of carbonyl (C=O) groups is 3. The van der Waals surface area contributed by atoms with E-state index in [2.05, 4.69) is 10.3 Å². The van der Waals surface area contributed by atoms with Gasteiger partial charge in [-0.25, -0.2) is 0 Å². The number of halogens is 2. The predicted octanol–water partition coefficient (Wildman–Crippen LogP) is 4.52. The van der Waals surface area contributed by atoms with Crippen molar-refractivity contribution in [3.05, 3.63) is 99.0 Å². The Bertz CT molecular complexity index is 1410. The third-order valence-corrected chi connectivity index (χ3v) is 6.26. The van der Waals surface area contributed by atoms with Crippen LogP contribution in [0.5, 0.6) is 0 Å². The first kappa shape index (κ1) is 23.0. The van der Waals surface area contributed by atoms with Crippen LogP contribution in [0, 0.1) is 0 Å². The van der Waals surface area contributed by atoms with Crippen molar-refractivity contribution in [2.24, 2.45) is 9.98 Å². The van der Waals surface area contributed by atoms with Gasteiger partial charge in [-0.1, -0.05) is 53.5 Å². The summed E-state index contributed by atoms with van der Waals surface area (Å²) in [5.41, 5.74) is 3.49. The maximum Gasteiger partial charge on any atom is 0.261 e. The van der Waals surface area contributed by atoms with Crippen LogP contribution in [0.15, 0.2) is 76.7 Å². The zero-order valence-corrected chi connectivity index (χ0v) is 19.8. The van der Waals surface area contributed by atoms with Crippen LogP contribution in [-0.2, 0) is 4.79 Å². The van der Waals surface area contributed by atoms with E-state index in [9.17, 15) is 14.4 Å². The molecule has 3 aromatic rings. The molecule has 7 nitrogen and oxygen atoms in total. The van der Waals surface area contributed by atoms with Gasteiger partial charge >= 0.3 is 0 Å². The van der Waals surface area contributed by atoms with E-state index in [1.54, 1.807) is 42.5 Å². The lowest BCUT2D eigenvalue weighted by Crippen LogP contribution is -2.36. The molecular weight excluding hydrogens is 487 g/mol. The molecule has 35 heavy (non-hydrogen) atoms. The molecule has 174 valence electrons. The van der Waals surface area contributed by atoms with Crippen molar-refractivity contribution < 1.29 is 14.4 Å². The summed E-state index contributed by atoms with van der Waals surface area (Å²) in [6.45, 7) is -0.383. The number of carbonyl (C=O) groups excluding carboxylic acids is 3. The molecule has 0 saturated carbocycles. The number of rotatable bonds is 5. The van der Waals surface area contributed by atoms with Crippen molar-refractivity contribution in [1.29, 1.82) is 0 Å². The number of benzene rings is 3. The number of fused-ring (bicyclic) bond motifs is 2. The summed E-state index contributed by atoms with van der Waals surface area (Å²) < 4.78 is 0. The van der Waals surface area contributed by atoms with Crippen molar-refractivity contribution in [2.45, 2.75) is 0 Å². The van der Waals surface area contributed by atoms with Gasteiger partial charge in [0.1, 0.15) is 12.4 Å². The molecule has 0 unspecified atom stereocenters. The van der Waals surface area contributed by atoms with Gasteiger partial charge in [-0.15, -0.1) is 0 Å². The number of hydrogen-bond donors (Lipinski definition) is 1. The largest absolute Gasteiger partial charge is 0.342 e. The van der Waals surface area contributed by atoms with E-state index in [1.807, 2.05) is 24.3 Å². The van der Waals surface area contributed by atoms with Crippen molar-refractivity contribution >= 4 is 58.0 Å². The fraction of sp³-hybridized carbons (Fsp3) is 0.115. The predicted molar refractivity (Wildman–Crippen MR) is 136 cm³/mol. The van der Waals surface area contributed by atoms with E-state index < -0.39 is 11.8 Å². The fourth-order valence-corrected chi connectivity index (χ4v) is 4.42. The van der Waals surface area contributed by atoms with Gasteiger partial charge < -0.3 is 5.32 Å². The van der Waals surface area contributed by atoms with E-state index >= 15 is 0 Å². The zero-order chi connectivity index (χ0) is 24.5. The number of amides is 2. The minimum absolute atomic E-state index is 0.174. The van der Waals surface area contributed by atoms with Crippen LogP contribution in [0.4, 0.5) is 5.69 Å². The lowest BCUT2D eigenvalue weighted by atomic mass is 10.0. The maximum atomic E-state index is 12.6. The number of hydrogen-bond acceptors (Lipinski definition) is 5. The highest BCUT2D eigenvalue weighted by Gasteiger charge is 2.36. The van der Waals surface area contributed by atoms with E-state index in [-0.39, 0.29) is 25.4 Å². The van der Waals surface area contributed by atoms with Gasteiger partial charge in [0.05, 0.1) is 29.9 Å². The second kappa shape index (κ2) is 9.44. The Morgan fingerprint density at radius 2 is 1.57 bits per heavy atom. The smallest absolute Gasteiger partial charge is 0.261 e. The summed E-state index contributed by atoms with van der Waals surface area (Å²) in [6, 6.07) is 19.2. The van der Waals surface area contributed by atoms with Gasteiger partial charge in [0.25, 0.3) is 11.8 Å². The fourth-order valence-electron chi connectivity index (χ4n) is 4.02. The van der Waals surface area contributed by atoms with Crippen molar-refractivity contribution in [1.82, 2.24) is 4.90 Å². The molecule has 0 saturated heterocycles. The molecule has 2 amide bonds. The van der Waals surface area contributed by atoms with Crippen LogP contribution in [0.1, 0.15) is 31.8 Å². The Labute approximate surface area is 211 Å². The second-order valence-corrected chi connectivity index (χ2v) is 8.85. The number of amidine groups is 1. The minimum atomic E-state index is -0.473. The van der Waals surface area contributed by atoms with Crippen molar-refractivity contribution in [2.75, 3.05) is 25.0 Å². The number of nitrogens with one attached hydrogen (secondary N) is 1. The summed E-state index contributed by atoms with van der Waals surface area (Å²) in [5, 5.41) is 4.31. The molecule has 0 spiro atoms. The molecule has 2 heterocycles. The Kier molecular flexibility index (Phi) is 6.19. The average molecular weight is 505 g/mol. The molecule has 0 aliphatic carbocycles. The van der Waals surface area contributed by atoms with Crippen LogP contribution in [0.3, 0.4) is 0 Å². The third-order valence-electron chi connectivity index (χ3n) is 5.69. The van der Waals surface area contributed by atoms with Gasteiger partial charge in [-0.3, -0.25) is 29.3 Å². The van der Waals surface area contributed by atoms with E-state index in [4.69, 9.17) is 28.2 Å². The Hall–Kier alpha value is -3.81. The first-order valence-electron chi connectivity index (χ1n) is 10.8. The molecule has 2 aliphatic heterocycles. The molecule has 9 heteroatoms. The standard InChI is InChI=1S/C26H18Cl2N4O3/c27-15-9-10-22-20(11-15)24(19-7-3-4-8-21(19)28)30-13-23(31-22)29-12-16(33)14-32-25(34)17-5-1-2-6-18(17)26(32)35/h1-11H,12-14H2,(H,29,31). The highest BCUT2D eigenvalue weighted by atomic mass is 35.5. The number of ketones is 1. The Morgan fingerprint density at radius 3 is 2.26 bits per heavy atom. The first-order valence-corrected chi connectivity index (χ1v) is 11.5. The number of anilines is 1. The maximum absolute atomic E-state index is 12.6. The summed E-state index contributed by atoms with van der Waals surface area (Å²) in [4.78, 5) is 47.7. The van der Waals surface area contributed by atoms with Gasteiger partial charge in [0.2, 0.25) is 0 Å². The molecular formula is C26H18Cl2N4O3. The number of imide groups is 1. The molecule has 0 radical (unpaired) electrons. The summed E-state index contributed by atoms with van der Waals surface area (Å²) in [5.74, 6) is -0.853. The van der Waals surface area contributed by atoms with E-state index in [1.165, 1.54) is 0 Å². The summed E-state index contributed by atoms with van der Waals surface area (Å²) >= 11 is 12.7. The molecule has 1 N–H and O–H groups in total. The van der Waals surface area contributed by atoms with Crippen LogP contribution in [-0.4, -0.2) is 53.7 Å². The normalized spacial score (nSPS) is 15.9. The monoisotopic (exact) mass is 504 g/mol. The van der Waals surface area contributed by atoms with Crippen LogP contribution >= 0.6 is 23.2 Å². The Balaban J connectivity index is 1.36. The number of benzodiazepines with no additional fused rings is 1. The van der Waals surface area contributed by atoms with Gasteiger partial charge in [0, 0.05) is 26.9 Å². The molecule has 5 rings (SSSR count). The Morgan fingerprint density at radius 1 is 0.914 bits per heavy atom. The number of aliphatic imine (C=N–C) groups is 2. The molecule has 0 bridgehead atoms. The van der Waals surface area contributed by atoms with Crippen molar-refractivity contribution in [3.8, 4) is 0 Å². The van der Waals surface area contributed by atoms with Crippen LogP contribution < -0.4 is 5.32 Å². The lowest BCUT2D eigenvalue weighted by molar-refractivity contribution is -0.118. The summed E-state index contributed by atoms with van der Waals surface area (Å²) in [7, 11) is 0. The molecule has 0 atom stereocenters. The van der Waals surface area contributed by atoms with Gasteiger partial charge in [-0.05, 0) is 36.4 Å². The second-order valence-electron chi connectivity index (χ2n) is 8.00. The first-order chi connectivity index (χ1) is 16.9. The summed E-state index contributed by atoms with van der Waals surface area (Å²) in [6.07, 6.45) is 0. The highest BCUT2D eigenvalue weighted by Crippen LogP contribution is 2.29. The number of Topliss-reactive ketones (excluding diaryl/α,β-unsaturated/α-hetero) is 1. The minimum Gasteiger partial charge on any atom is -0.342 e. The number of nitrogens with zero attached hydrogens (tertiary/aromatic N) is 3. The molecule has 3 aromatic carbocycles. The lowest BCUT2D eigenvalue weighted by Gasteiger charge is -2.13. The van der Waals surface area contributed by atoms with E-state index in [0.29, 0.717) is 32.7 Å². The quantitative estimate of drug-likeness (QED) is 0.517. The molecule has 0 fully saturated rings. The SMILES string of the molecule is O=C(CN=C1CN=C(c2ccccc2Cl)c2cc(Cl)ccc2N1)CN1C(=O)c2ccccc2C1=O. The molecule has 2 aliphatic rings. The van der Waals surface area contributed by atoms with Crippen molar-refractivity contribution in [3.63, 3.8) is 0 Å². The topological polar surface area (TPSA) is 91.2 Å². The van der Waals surface area contributed by atoms with E-state index in [0.717, 1.165) is 21.7 Å². The molecule has 0 aromatic heterocycles. The van der Waals surface area contributed by atoms with Gasteiger partial charge in [0.15, 0.2) is 5.78 Å².